The molecule has 0 saturated heterocycles. The number of rotatable bonds is 0. The molecule has 0 amide bonds. The van der Waals surface area contributed by atoms with Crippen LogP contribution >= 0.6 is 12.4 Å². The van der Waals surface area contributed by atoms with Crippen molar-refractivity contribution >= 4 is 12.4 Å². The Kier molecular flexibility index (Phi) is 3.36. The van der Waals surface area contributed by atoms with E-state index in [4.69, 9.17) is 10.8 Å². The zero-order chi connectivity index (χ0) is 5.28. The Morgan fingerprint density at radius 2 is 2.00 bits per heavy atom. The predicted molar refractivity (Wildman–Crippen MR) is 35.1 cm³/mol. The highest BCUT2D eigenvalue weighted by Crippen LogP contribution is 2.15. The first kappa shape index (κ1) is 8.21. The maximum atomic E-state index is 8.87. The lowest BCUT2D eigenvalue weighted by Gasteiger charge is -2.04. The van der Waals surface area contributed by atoms with Crippen LogP contribution in [0.5, 0.6) is 0 Å². The summed E-state index contributed by atoms with van der Waals surface area (Å²) in [5, 5.41) is 8.87. The molecule has 0 aromatic carbocycles. The zero-order valence-electron chi connectivity index (χ0n) is 4.71. The Morgan fingerprint density at radius 3 is 2.12 bits per heavy atom. The molecule has 1 saturated carbocycles. The second-order valence-corrected chi connectivity index (χ2v) is 2.16. The molecule has 0 aromatic rings. The molecule has 1 rings (SSSR count). The molecule has 1 aliphatic carbocycles. The van der Waals surface area contributed by atoms with Crippen molar-refractivity contribution in [1.29, 1.82) is 0 Å². The van der Waals surface area contributed by atoms with Gasteiger partial charge in [-0.15, -0.1) is 12.4 Å². The van der Waals surface area contributed by atoms with Crippen LogP contribution in [0.2, 0.25) is 0 Å². The van der Waals surface area contributed by atoms with Gasteiger partial charge in [0.15, 0.2) is 0 Å². The molecule has 1 unspecified atom stereocenters. The molecule has 50 valence electrons. The van der Waals surface area contributed by atoms with E-state index in [2.05, 4.69) is 0 Å². The van der Waals surface area contributed by atoms with Crippen molar-refractivity contribution in [3.63, 3.8) is 0 Å². The second-order valence-electron chi connectivity index (χ2n) is 2.16. The van der Waals surface area contributed by atoms with E-state index in [1.807, 2.05) is 0 Å². The molecule has 2 nitrogen and oxygen atoms in total. The minimum atomic E-state index is -0.208. The van der Waals surface area contributed by atoms with E-state index in [1.54, 1.807) is 0 Å². The van der Waals surface area contributed by atoms with Crippen LogP contribution in [-0.2, 0) is 0 Å². The van der Waals surface area contributed by atoms with Crippen LogP contribution in [0.25, 0.3) is 0 Å². The van der Waals surface area contributed by atoms with Crippen molar-refractivity contribution < 1.29 is 5.11 Å². The largest absolute Gasteiger partial charge is 0.392 e. The van der Waals surface area contributed by atoms with Crippen LogP contribution in [0.4, 0.5) is 0 Å². The van der Waals surface area contributed by atoms with Crippen LogP contribution < -0.4 is 5.73 Å². The summed E-state index contributed by atoms with van der Waals surface area (Å²) in [5.41, 5.74) is 5.43. The van der Waals surface area contributed by atoms with Crippen molar-refractivity contribution in [2.75, 3.05) is 0 Å². The van der Waals surface area contributed by atoms with Gasteiger partial charge in [-0.05, 0) is 19.3 Å². The Bertz CT molecular complexity index is 61.4. The SMILES string of the molecule is Cl.NC1CCC[C@@H]1O. The predicted octanol–water partition coefficient (Wildman–Crippen LogP) is 0.280. The average molecular weight is 138 g/mol. The number of nitrogens with two attached hydrogens (primary N) is 1. The molecule has 0 spiro atoms. The van der Waals surface area contributed by atoms with Crippen LogP contribution in [0.15, 0.2) is 0 Å². The fourth-order valence-electron chi connectivity index (χ4n) is 0.969. The fraction of sp³-hybridized carbons (Fsp3) is 1.00. The van der Waals surface area contributed by atoms with Gasteiger partial charge in [0.1, 0.15) is 0 Å². The van der Waals surface area contributed by atoms with Gasteiger partial charge in [-0.1, -0.05) is 0 Å². The topological polar surface area (TPSA) is 46.2 Å². The summed E-state index contributed by atoms with van der Waals surface area (Å²) < 4.78 is 0. The third kappa shape index (κ3) is 1.62. The molecule has 3 N–H and O–H groups in total. The van der Waals surface area contributed by atoms with Gasteiger partial charge in [-0.25, -0.2) is 0 Å². The zero-order valence-corrected chi connectivity index (χ0v) is 5.53. The van der Waals surface area contributed by atoms with Crippen molar-refractivity contribution in [2.45, 2.75) is 31.4 Å². The summed E-state index contributed by atoms with van der Waals surface area (Å²) in [6, 6.07) is 0.0694. The third-order valence-electron chi connectivity index (χ3n) is 1.53. The Balaban J connectivity index is 0.000000490. The first-order valence-electron chi connectivity index (χ1n) is 2.74. The summed E-state index contributed by atoms with van der Waals surface area (Å²) >= 11 is 0. The van der Waals surface area contributed by atoms with E-state index in [1.165, 1.54) is 0 Å². The third-order valence-corrected chi connectivity index (χ3v) is 1.53. The first-order chi connectivity index (χ1) is 3.30. The fourth-order valence-corrected chi connectivity index (χ4v) is 0.969. The van der Waals surface area contributed by atoms with Gasteiger partial charge in [0.2, 0.25) is 0 Å². The van der Waals surface area contributed by atoms with Gasteiger partial charge in [0.05, 0.1) is 6.10 Å². The van der Waals surface area contributed by atoms with Crippen molar-refractivity contribution in [1.82, 2.24) is 0 Å². The lowest BCUT2D eigenvalue weighted by atomic mass is 10.2. The molecule has 0 bridgehead atoms. The van der Waals surface area contributed by atoms with Gasteiger partial charge < -0.3 is 10.8 Å². The second kappa shape index (κ2) is 3.28. The molecule has 8 heavy (non-hydrogen) atoms. The average Bonchev–Trinajstić information content (AvgIpc) is 1.91. The van der Waals surface area contributed by atoms with Gasteiger partial charge >= 0.3 is 0 Å². The number of halogens is 1. The molecular formula is C5H12ClNO. The van der Waals surface area contributed by atoms with Gasteiger partial charge in [-0.3, -0.25) is 0 Å². The molecular weight excluding hydrogens is 126 g/mol. The quantitative estimate of drug-likeness (QED) is 0.504. The minimum Gasteiger partial charge on any atom is -0.392 e. The number of hydrogen-bond donors (Lipinski definition) is 2. The highest BCUT2D eigenvalue weighted by atomic mass is 35.5. The summed E-state index contributed by atoms with van der Waals surface area (Å²) in [7, 11) is 0. The smallest absolute Gasteiger partial charge is 0.0691 e. The summed E-state index contributed by atoms with van der Waals surface area (Å²) in [4.78, 5) is 0. The van der Waals surface area contributed by atoms with Gasteiger partial charge in [0.25, 0.3) is 0 Å². The highest BCUT2D eigenvalue weighted by molar-refractivity contribution is 5.85. The van der Waals surface area contributed by atoms with E-state index in [0.29, 0.717) is 0 Å². The standard InChI is InChI=1S/C5H11NO.ClH/c6-4-2-1-3-5(4)7;/h4-5,7H,1-3,6H2;1H/t4?,5-;/m0./s1. The van der Waals surface area contributed by atoms with Crippen LogP contribution in [0.3, 0.4) is 0 Å². The minimum absolute atomic E-state index is 0. The van der Waals surface area contributed by atoms with E-state index in [0.717, 1.165) is 19.3 Å². The molecule has 0 heterocycles. The van der Waals surface area contributed by atoms with Crippen molar-refractivity contribution in [3.05, 3.63) is 0 Å². The maximum absolute atomic E-state index is 8.87. The number of aliphatic hydroxyl groups excluding tert-OH is 1. The van der Waals surface area contributed by atoms with Crippen molar-refractivity contribution in [2.24, 2.45) is 5.73 Å². The number of hydrogen-bond acceptors (Lipinski definition) is 2. The molecule has 0 aliphatic heterocycles. The van der Waals surface area contributed by atoms with Crippen molar-refractivity contribution in [3.8, 4) is 0 Å². The Labute approximate surface area is 55.5 Å². The Hall–Kier alpha value is 0.210. The van der Waals surface area contributed by atoms with E-state index in [9.17, 15) is 0 Å². The summed E-state index contributed by atoms with van der Waals surface area (Å²) in [6.45, 7) is 0. The van der Waals surface area contributed by atoms with Crippen LogP contribution in [0.1, 0.15) is 19.3 Å². The molecule has 1 fully saturated rings. The molecule has 3 heteroatoms. The summed E-state index contributed by atoms with van der Waals surface area (Å²) in [6.07, 6.45) is 2.80. The molecule has 1 aliphatic rings. The monoisotopic (exact) mass is 137 g/mol. The maximum Gasteiger partial charge on any atom is 0.0691 e. The molecule has 2 atom stereocenters. The van der Waals surface area contributed by atoms with Gasteiger partial charge in [0, 0.05) is 6.04 Å². The normalized spacial score (nSPS) is 36.8. The summed E-state index contributed by atoms with van der Waals surface area (Å²) in [5.74, 6) is 0. The first-order valence-corrected chi connectivity index (χ1v) is 2.74. The van der Waals surface area contributed by atoms with Crippen LogP contribution in [-0.4, -0.2) is 17.3 Å². The van der Waals surface area contributed by atoms with Crippen LogP contribution in [0, 0.1) is 0 Å². The van der Waals surface area contributed by atoms with E-state index < -0.39 is 0 Å². The Morgan fingerprint density at radius 1 is 1.38 bits per heavy atom. The highest BCUT2D eigenvalue weighted by Gasteiger charge is 2.20. The lowest BCUT2D eigenvalue weighted by Crippen LogP contribution is -2.28. The number of aliphatic hydroxyl groups is 1. The molecule has 0 radical (unpaired) electrons. The van der Waals surface area contributed by atoms with Gasteiger partial charge in [-0.2, -0.15) is 0 Å². The lowest BCUT2D eigenvalue weighted by molar-refractivity contribution is 0.165. The van der Waals surface area contributed by atoms with E-state index >= 15 is 0 Å². The molecule has 0 aromatic heterocycles. The van der Waals surface area contributed by atoms with E-state index in [-0.39, 0.29) is 24.6 Å².